The van der Waals surface area contributed by atoms with Crippen molar-refractivity contribution in [3.63, 3.8) is 0 Å². The van der Waals surface area contributed by atoms with Gasteiger partial charge in [-0.2, -0.15) is 0 Å². The summed E-state index contributed by atoms with van der Waals surface area (Å²) in [4.78, 5) is 34.5. The van der Waals surface area contributed by atoms with Crippen molar-refractivity contribution in [1.82, 2.24) is 0 Å². The van der Waals surface area contributed by atoms with E-state index in [2.05, 4.69) is 0 Å². The fraction of sp³-hybridized carbons (Fsp3) is 0.556. The third kappa shape index (κ3) is 3.47. The zero-order chi connectivity index (χ0) is 17.3. The predicted octanol–water partition coefficient (Wildman–Crippen LogP) is 3.46. The largest absolute Gasteiger partial charge is 0.457 e. The van der Waals surface area contributed by atoms with Crippen molar-refractivity contribution < 1.29 is 19.2 Å². The van der Waals surface area contributed by atoms with Crippen LogP contribution >= 0.6 is 0 Å². The molecule has 0 radical (unpaired) electrons. The van der Waals surface area contributed by atoms with Gasteiger partial charge < -0.3 is 4.74 Å². The number of hydrogen-bond acceptors (Lipinski definition) is 5. The lowest BCUT2D eigenvalue weighted by Gasteiger charge is -2.20. The number of ether oxygens (including phenoxy) is 1. The van der Waals surface area contributed by atoms with E-state index in [-0.39, 0.29) is 23.8 Å². The van der Waals surface area contributed by atoms with E-state index in [1.807, 2.05) is 0 Å². The minimum atomic E-state index is -0.521. The van der Waals surface area contributed by atoms with Crippen molar-refractivity contribution >= 4 is 17.4 Å². The van der Waals surface area contributed by atoms with Gasteiger partial charge in [-0.15, -0.1) is 0 Å². The molecule has 128 valence electrons. The molecule has 0 heterocycles. The standard InChI is InChI=1S/C18H21NO5/c1-11-2-4-14(8-16(11)19(22)23)17(20)10-24-18(21)9-15-7-12-3-5-13(15)6-12/h2,4,8,12-13,15H,3,5-7,9-10H2,1H3/t12-,13+,15-/m0/s1. The molecule has 6 nitrogen and oxygen atoms in total. The fourth-order valence-electron chi connectivity index (χ4n) is 4.11. The summed E-state index contributed by atoms with van der Waals surface area (Å²) in [5.41, 5.74) is 0.582. The van der Waals surface area contributed by atoms with Crippen molar-refractivity contribution in [2.45, 2.75) is 39.0 Å². The van der Waals surface area contributed by atoms with Gasteiger partial charge in [0.2, 0.25) is 5.78 Å². The van der Waals surface area contributed by atoms with Gasteiger partial charge in [0.05, 0.1) is 4.92 Å². The van der Waals surface area contributed by atoms with E-state index in [0.29, 0.717) is 23.8 Å². The number of fused-ring (bicyclic) bond motifs is 2. The second-order valence-electron chi connectivity index (χ2n) is 6.98. The zero-order valence-electron chi connectivity index (χ0n) is 13.7. The van der Waals surface area contributed by atoms with Crippen LogP contribution in [0.15, 0.2) is 18.2 Å². The predicted molar refractivity (Wildman–Crippen MR) is 86.7 cm³/mol. The summed E-state index contributed by atoms with van der Waals surface area (Å²) in [6.45, 7) is 1.25. The van der Waals surface area contributed by atoms with Gasteiger partial charge in [-0.25, -0.2) is 0 Å². The van der Waals surface area contributed by atoms with Gasteiger partial charge in [-0.1, -0.05) is 18.6 Å². The Hall–Kier alpha value is -2.24. The second-order valence-corrected chi connectivity index (χ2v) is 6.98. The SMILES string of the molecule is Cc1ccc(C(=O)COC(=O)C[C@@H]2C[C@H]3CC[C@@H]2C3)cc1[N+](=O)[O-]. The van der Waals surface area contributed by atoms with Crippen LogP contribution < -0.4 is 0 Å². The highest BCUT2D eigenvalue weighted by molar-refractivity contribution is 5.98. The van der Waals surface area contributed by atoms with Crippen LogP contribution in [0.25, 0.3) is 0 Å². The number of esters is 1. The number of carbonyl (C=O) groups excluding carboxylic acids is 2. The van der Waals surface area contributed by atoms with Crippen molar-refractivity contribution in [2.24, 2.45) is 17.8 Å². The summed E-state index contributed by atoms with van der Waals surface area (Å²) >= 11 is 0. The molecule has 0 saturated heterocycles. The van der Waals surface area contributed by atoms with Gasteiger partial charge in [0.15, 0.2) is 6.61 Å². The summed E-state index contributed by atoms with van der Waals surface area (Å²) in [7, 11) is 0. The molecule has 3 rings (SSSR count). The Morgan fingerprint density at radius 2 is 2.08 bits per heavy atom. The van der Waals surface area contributed by atoms with Crippen molar-refractivity contribution in [1.29, 1.82) is 0 Å². The molecule has 1 aromatic rings. The minimum Gasteiger partial charge on any atom is -0.457 e. The van der Waals surface area contributed by atoms with Crippen molar-refractivity contribution in [2.75, 3.05) is 6.61 Å². The number of nitrogens with zero attached hydrogens (tertiary/aromatic N) is 1. The van der Waals surface area contributed by atoms with E-state index >= 15 is 0 Å². The minimum absolute atomic E-state index is 0.103. The number of aryl methyl sites for hydroxylation is 1. The normalized spacial score (nSPS) is 24.8. The van der Waals surface area contributed by atoms with Crippen molar-refractivity contribution in [3.8, 4) is 0 Å². The summed E-state index contributed by atoms with van der Waals surface area (Å²) in [5, 5.41) is 10.9. The van der Waals surface area contributed by atoms with Crippen LogP contribution in [0, 0.1) is 34.8 Å². The number of ketones is 1. The van der Waals surface area contributed by atoms with Crippen LogP contribution in [0.2, 0.25) is 0 Å². The molecule has 2 aliphatic carbocycles. The molecule has 2 aliphatic rings. The molecular weight excluding hydrogens is 310 g/mol. The first-order valence-electron chi connectivity index (χ1n) is 8.38. The molecule has 0 amide bonds. The van der Waals surface area contributed by atoms with E-state index in [1.54, 1.807) is 6.92 Å². The molecule has 0 aromatic heterocycles. The number of hydrogen-bond donors (Lipinski definition) is 0. The topological polar surface area (TPSA) is 86.5 Å². The maximum Gasteiger partial charge on any atom is 0.306 e. The molecule has 0 spiro atoms. The van der Waals surface area contributed by atoms with E-state index in [1.165, 1.54) is 37.5 Å². The lowest BCUT2D eigenvalue weighted by molar-refractivity contribution is -0.385. The highest BCUT2D eigenvalue weighted by Gasteiger charge is 2.40. The van der Waals surface area contributed by atoms with Crippen LogP contribution in [-0.2, 0) is 9.53 Å². The van der Waals surface area contributed by atoms with Gasteiger partial charge >= 0.3 is 5.97 Å². The van der Waals surface area contributed by atoms with Gasteiger partial charge in [0.1, 0.15) is 0 Å². The third-order valence-corrected chi connectivity index (χ3v) is 5.41. The zero-order valence-corrected chi connectivity index (χ0v) is 13.7. The first kappa shape index (κ1) is 16.6. The third-order valence-electron chi connectivity index (χ3n) is 5.41. The van der Waals surface area contributed by atoms with Crippen LogP contribution in [0.5, 0.6) is 0 Å². The lowest BCUT2D eigenvalue weighted by atomic mass is 9.86. The molecule has 0 unspecified atom stereocenters. The molecule has 6 heteroatoms. The Morgan fingerprint density at radius 3 is 2.71 bits per heavy atom. The average Bonchev–Trinajstić information content (AvgIpc) is 3.15. The highest BCUT2D eigenvalue weighted by atomic mass is 16.6. The van der Waals surface area contributed by atoms with E-state index in [0.717, 1.165) is 12.3 Å². The molecule has 24 heavy (non-hydrogen) atoms. The quantitative estimate of drug-likeness (QED) is 0.345. The first-order valence-corrected chi connectivity index (χ1v) is 8.38. The second kappa shape index (κ2) is 6.71. The first-order chi connectivity index (χ1) is 11.4. The van der Waals surface area contributed by atoms with Crippen LogP contribution in [0.1, 0.15) is 48.0 Å². The molecule has 0 aliphatic heterocycles. The number of carbonyl (C=O) groups is 2. The molecule has 3 atom stereocenters. The molecule has 0 N–H and O–H groups in total. The van der Waals surface area contributed by atoms with Gasteiger partial charge in [0.25, 0.3) is 5.69 Å². The Balaban J connectivity index is 1.52. The highest BCUT2D eigenvalue weighted by Crippen LogP contribution is 2.49. The van der Waals surface area contributed by atoms with E-state index in [4.69, 9.17) is 4.74 Å². The molecule has 2 fully saturated rings. The number of nitro groups is 1. The number of nitro benzene ring substituents is 1. The maximum atomic E-state index is 12.1. The smallest absolute Gasteiger partial charge is 0.306 e. The Kier molecular flexibility index (Phi) is 4.64. The molecule has 1 aromatic carbocycles. The van der Waals surface area contributed by atoms with E-state index < -0.39 is 10.7 Å². The average molecular weight is 331 g/mol. The summed E-state index contributed by atoms with van der Waals surface area (Å²) in [6.07, 6.45) is 5.18. The Bertz CT molecular complexity index is 684. The molecular formula is C18H21NO5. The fourth-order valence-corrected chi connectivity index (χ4v) is 4.11. The summed E-state index contributed by atoms with van der Waals surface area (Å²) in [6, 6.07) is 4.29. The summed E-state index contributed by atoms with van der Waals surface area (Å²) in [5.74, 6) is 1.04. The molecule has 2 saturated carbocycles. The number of Topliss-reactive ketones (excluding diaryl/α,β-unsaturated/α-hetero) is 1. The Labute approximate surface area is 140 Å². The van der Waals surface area contributed by atoms with Crippen LogP contribution in [0.3, 0.4) is 0 Å². The monoisotopic (exact) mass is 331 g/mol. The van der Waals surface area contributed by atoms with E-state index in [9.17, 15) is 19.7 Å². The maximum absolute atomic E-state index is 12.1. The molecule has 2 bridgehead atoms. The van der Waals surface area contributed by atoms with Gasteiger partial charge in [-0.05, 0) is 43.9 Å². The summed E-state index contributed by atoms with van der Waals surface area (Å²) < 4.78 is 5.10. The van der Waals surface area contributed by atoms with Gasteiger partial charge in [0, 0.05) is 23.6 Å². The Morgan fingerprint density at radius 1 is 1.29 bits per heavy atom. The van der Waals surface area contributed by atoms with Crippen LogP contribution in [0.4, 0.5) is 5.69 Å². The van der Waals surface area contributed by atoms with Crippen LogP contribution in [-0.4, -0.2) is 23.3 Å². The van der Waals surface area contributed by atoms with Crippen molar-refractivity contribution in [3.05, 3.63) is 39.4 Å². The number of rotatable bonds is 6. The van der Waals surface area contributed by atoms with Gasteiger partial charge in [-0.3, -0.25) is 19.7 Å². The number of benzene rings is 1. The lowest BCUT2D eigenvalue weighted by Crippen LogP contribution is -2.19.